The summed E-state index contributed by atoms with van der Waals surface area (Å²) in [7, 11) is 0. The number of piperazine rings is 1. The Bertz CT molecular complexity index is 526. The number of nitrogens with two attached hydrogens (primary N) is 1. The zero-order valence-electron chi connectivity index (χ0n) is 13.2. The monoisotopic (exact) mass is 303 g/mol. The first-order chi connectivity index (χ1) is 10.7. The molecule has 0 aromatic heterocycles. The SMILES string of the molecule is Cc1ccccc1N1CCN(C(=O)[C@@H]2CC[C@H](CN)O2)CC1. The molecule has 2 aliphatic rings. The maximum Gasteiger partial charge on any atom is 0.251 e. The van der Waals surface area contributed by atoms with E-state index >= 15 is 0 Å². The third kappa shape index (κ3) is 3.10. The van der Waals surface area contributed by atoms with Gasteiger partial charge in [-0.25, -0.2) is 0 Å². The Labute approximate surface area is 132 Å². The quantitative estimate of drug-likeness (QED) is 0.910. The summed E-state index contributed by atoms with van der Waals surface area (Å²) in [5.41, 5.74) is 8.17. The molecule has 5 heteroatoms. The van der Waals surface area contributed by atoms with Crippen molar-refractivity contribution in [3.63, 3.8) is 0 Å². The molecule has 0 unspecified atom stereocenters. The maximum atomic E-state index is 12.5. The van der Waals surface area contributed by atoms with Crippen LogP contribution >= 0.6 is 0 Å². The van der Waals surface area contributed by atoms with Crippen molar-refractivity contribution in [2.75, 3.05) is 37.6 Å². The highest BCUT2D eigenvalue weighted by molar-refractivity contribution is 5.81. The summed E-state index contributed by atoms with van der Waals surface area (Å²) in [6.07, 6.45) is 1.48. The number of carbonyl (C=O) groups excluding carboxylic acids is 1. The number of benzene rings is 1. The Morgan fingerprint density at radius 3 is 2.59 bits per heavy atom. The van der Waals surface area contributed by atoms with Gasteiger partial charge in [0, 0.05) is 38.4 Å². The lowest BCUT2D eigenvalue weighted by Gasteiger charge is -2.37. The van der Waals surface area contributed by atoms with Crippen molar-refractivity contribution in [2.45, 2.75) is 32.0 Å². The molecule has 1 aromatic carbocycles. The van der Waals surface area contributed by atoms with E-state index in [0.717, 1.165) is 39.0 Å². The van der Waals surface area contributed by atoms with Crippen molar-refractivity contribution in [2.24, 2.45) is 5.73 Å². The van der Waals surface area contributed by atoms with Gasteiger partial charge < -0.3 is 20.3 Å². The van der Waals surface area contributed by atoms with Crippen LogP contribution in [0.25, 0.3) is 0 Å². The summed E-state index contributed by atoms with van der Waals surface area (Å²) in [4.78, 5) is 16.8. The van der Waals surface area contributed by atoms with Crippen LogP contribution in [0.3, 0.4) is 0 Å². The van der Waals surface area contributed by atoms with Crippen LogP contribution in [0.2, 0.25) is 0 Å². The molecule has 0 bridgehead atoms. The molecule has 120 valence electrons. The van der Waals surface area contributed by atoms with Gasteiger partial charge in [-0.2, -0.15) is 0 Å². The second kappa shape index (κ2) is 6.67. The summed E-state index contributed by atoms with van der Waals surface area (Å²) in [5.74, 6) is 0.139. The van der Waals surface area contributed by atoms with E-state index in [0.29, 0.717) is 6.54 Å². The van der Waals surface area contributed by atoms with Crippen LogP contribution in [-0.2, 0) is 9.53 Å². The summed E-state index contributed by atoms with van der Waals surface area (Å²) in [6, 6.07) is 8.41. The van der Waals surface area contributed by atoms with Gasteiger partial charge in [0.2, 0.25) is 0 Å². The van der Waals surface area contributed by atoms with Crippen LogP contribution in [0, 0.1) is 6.92 Å². The summed E-state index contributed by atoms with van der Waals surface area (Å²) in [6.45, 7) is 5.92. The maximum absolute atomic E-state index is 12.5. The van der Waals surface area contributed by atoms with Crippen molar-refractivity contribution in [1.82, 2.24) is 4.90 Å². The number of rotatable bonds is 3. The molecular weight excluding hydrogens is 278 g/mol. The van der Waals surface area contributed by atoms with Crippen LogP contribution < -0.4 is 10.6 Å². The fourth-order valence-corrected chi connectivity index (χ4v) is 3.35. The number of anilines is 1. The summed E-state index contributed by atoms with van der Waals surface area (Å²) >= 11 is 0. The van der Waals surface area contributed by atoms with E-state index in [1.807, 2.05) is 4.90 Å². The van der Waals surface area contributed by atoms with Gasteiger partial charge in [0.25, 0.3) is 5.91 Å². The average Bonchev–Trinajstić information content (AvgIpc) is 3.04. The minimum Gasteiger partial charge on any atom is -0.368 e. The molecule has 2 atom stereocenters. The summed E-state index contributed by atoms with van der Waals surface area (Å²) in [5, 5.41) is 0. The standard InChI is InChI=1S/C17H25N3O2/c1-13-4-2-3-5-15(13)19-8-10-20(11-9-19)17(21)16-7-6-14(12-18)22-16/h2-5,14,16H,6-12,18H2,1H3/t14-,16+/m1/s1. The van der Waals surface area contributed by atoms with Gasteiger partial charge in [0.05, 0.1) is 6.10 Å². The van der Waals surface area contributed by atoms with Crippen molar-refractivity contribution in [3.8, 4) is 0 Å². The van der Waals surface area contributed by atoms with Crippen molar-refractivity contribution >= 4 is 11.6 Å². The van der Waals surface area contributed by atoms with Crippen molar-refractivity contribution in [3.05, 3.63) is 29.8 Å². The van der Waals surface area contributed by atoms with Gasteiger partial charge in [-0.3, -0.25) is 4.79 Å². The van der Waals surface area contributed by atoms with Gasteiger partial charge in [-0.1, -0.05) is 18.2 Å². The minimum absolute atomic E-state index is 0.0576. The number of nitrogens with zero attached hydrogens (tertiary/aromatic N) is 2. The number of ether oxygens (including phenoxy) is 1. The smallest absolute Gasteiger partial charge is 0.251 e. The average molecular weight is 303 g/mol. The van der Waals surface area contributed by atoms with E-state index in [1.54, 1.807) is 0 Å². The lowest BCUT2D eigenvalue weighted by atomic mass is 10.1. The summed E-state index contributed by atoms with van der Waals surface area (Å²) < 4.78 is 5.73. The molecule has 2 heterocycles. The highest BCUT2D eigenvalue weighted by Crippen LogP contribution is 2.23. The molecule has 0 radical (unpaired) electrons. The highest BCUT2D eigenvalue weighted by Gasteiger charge is 2.34. The predicted molar refractivity (Wildman–Crippen MR) is 86.9 cm³/mol. The van der Waals surface area contributed by atoms with Crippen LogP contribution in [0.1, 0.15) is 18.4 Å². The Morgan fingerprint density at radius 1 is 1.23 bits per heavy atom. The first kappa shape index (κ1) is 15.3. The molecule has 2 fully saturated rings. The fourth-order valence-electron chi connectivity index (χ4n) is 3.35. The van der Waals surface area contributed by atoms with Gasteiger partial charge in [-0.05, 0) is 31.4 Å². The van der Waals surface area contributed by atoms with Crippen molar-refractivity contribution in [1.29, 1.82) is 0 Å². The third-order valence-corrected chi connectivity index (χ3v) is 4.69. The fraction of sp³-hybridized carbons (Fsp3) is 0.588. The molecule has 0 spiro atoms. The van der Waals surface area contributed by atoms with E-state index in [-0.39, 0.29) is 18.1 Å². The van der Waals surface area contributed by atoms with E-state index < -0.39 is 0 Å². The van der Waals surface area contributed by atoms with Gasteiger partial charge in [0.1, 0.15) is 6.10 Å². The predicted octanol–water partition coefficient (Wildman–Crippen LogP) is 1.15. The lowest BCUT2D eigenvalue weighted by Crippen LogP contribution is -2.51. The van der Waals surface area contributed by atoms with Crippen LogP contribution in [0.15, 0.2) is 24.3 Å². The molecule has 1 amide bonds. The van der Waals surface area contributed by atoms with E-state index in [4.69, 9.17) is 10.5 Å². The molecule has 1 aromatic rings. The number of amides is 1. The van der Waals surface area contributed by atoms with Crippen LogP contribution in [-0.4, -0.2) is 55.7 Å². The Morgan fingerprint density at radius 2 is 1.95 bits per heavy atom. The van der Waals surface area contributed by atoms with Crippen molar-refractivity contribution < 1.29 is 9.53 Å². The highest BCUT2D eigenvalue weighted by atomic mass is 16.5. The molecule has 3 rings (SSSR count). The first-order valence-electron chi connectivity index (χ1n) is 8.14. The number of para-hydroxylation sites is 1. The Hall–Kier alpha value is -1.59. The molecule has 22 heavy (non-hydrogen) atoms. The number of aryl methyl sites for hydroxylation is 1. The molecule has 0 saturated carbocycles. The number of hydrogen-bond donors (Lipinski definition) is 1. The molecule has 0 aliphatic carbocycles. The van der Waals surface area contributed by atoms with Gasteiger partial charge in [-0.15, -0.1) is 0 Å². The van der Waals surface area contributed by atoms with E-state index in [2.05, 4.69) is 36.1 Å². The van der Waals surface area contributed by atoms with Gasteiger partial charge in [0.15, 0.2) is 0 Å². The normalized spacial score (nSPS) is 25.5. The Balaban J connectivity index is 1.56. The largest absolute Gasteiger partial charge is 0.368 e. The molecular formula is C17H25N3O2. The molecule has 2 saturated heterocycles. The van der Waals surface area contributed by atoms with Crippen LogP contribution in [0.4, 0.5) is 5.69 Å². The number of carbonyl (C=O) groups is 1. The minimum atomic E-state index is -0.279. The number of hydrogen-bond acceptors (Lipinski definition) is 4. The second-order valence-electron chi connectivity index (χ2n) is 6.16. The Kier molecular flexibility index (Phi) is 4.64. The zero-order chi connectivity index (χ0) is 15.5. The zero-order valence-corrected chi connectivity index (χ0v) is 13.2. The van der Waals surface area contributed by atoms with E-state index in [1.165, 1.54) is 11.3 Å². The molecule has 5 nitrogen and oxygen atoms in total. The molecule has 2 aliphatic heterocycles. The van der Waals surface area contributed by atoms with Crippen LogP contribution in [0.5, 0.6) is 0 Å². The second-order valence-corrected chi connectivity index (χ2v) is 6.16. The third-order valence-electron chi connectivity index (χ3n) is 4.69. The first-order valence-corrected chi connectivity index (χ1v) is 8.14. The van der Waals surface area contributed by atoms with Gasteiger partial charge >= 0.3 is 0 Å². The molecule has 2 N–H and O–H groups in total. The lowest BCUT2D eigenvalue weighted by molar-refractivity contribution is -0.143. The van der Waals surface area contributed by atoms with E-state index in [9.17, 15) is 4.79 Å². The topological polar surface area (TPSA) is 58.8 Å².